The summed E-state index contributed by atoms with van der Waals surface area (Å²) in [6.07, 6.45) is 7.49. The Balaban J connectivity index is 0.00000304. The average Bonchev–Trinajstić information content (AvgIpc) is 3.44. The molecule has 0 unspecified atom stereocenters. The molecule has 1 amide bonds. The highest BCUT2D eigenvalue weighted by molar-refractivity contribution is 5.85. The van der Waals surface area contributed by atoms with Gasteiger partial charge in [0.2, 0.25) is 5.91 Å². The van der Waals surface area contributed by atoms with Crippen LogP contribution in [0.2, 0.25) is 0 Å². The average molecular weight is 508 g/mol. The van der Waals surface area contributed by atoms with Gasteiger partial charge in [-0.05, 0) is 35.6 Å². The molecule has 0 saturated carbocycles. The molecule has 0 bridgehead atoms. The molecule has 4 aromatic rings. The monoisotopic (exact) mass is 507 g/mol. The number of piperazine rings is 1. The molecule has 0 atom stereocenters. The third-order valence-electron chi connectivity index (χ3n) is 6.46. The van der Waals surface area contributed by atoms with E-state index in [1.54, 1.807) is 10.9 Å². The van der Waals surface area contributed by atoms with E-state index in [1.807, 2.05) is 41.1 Å². The molecule has 1 aliphatic rings. The Kier molecular flexibility index (Phi) is 7.20. The van der Waals surface area contributed by atoms with Crippen molar-refractivity contribution in [1.29, 1.82) is 0 Å². The zero-order valence-electron chi connectivity index (χ0n) is 21.6. The summed E-state index contributed by atoms with van der Waals surface area (Å²) in [4.78, 5) is 22.1. The molecule has 0 spiro atoms. The number of aromatic nitrogens is 5. The maximum absolute atomic E-state index is 12.8. The predicted octanol–water partition coefficient (Wildman–Crippen LogP) is 4.22. The standard InChI is InChI=1S/C27H33N7O.ClH/c1-19-12-20(6-7-21(19)15-33-11-10-32(17-25(33)35)18-27(2,3)4)26-24-8-9-28-34(24)16-23(30-26)22-13-29-31(5)14-22;/h6-9,12-14,16H,10-11,15,17-18H2,1-5H3;1H. The molecule has 3 aromatic heterocycles. The fourth-order valence-electron chi connectivity index (χ4n) is 4.79. The van der Waals surface area contributed by atoms with E-state index in [2.05, 4.69) is 61.0 Å². The van der Waals surface area contributed by atoms with Crippen LogP contribution < -0.4 is 0 Å². The lowest BCUT2D eigenvalue weighted by Crippen LogP contribution is -2.51. The van der Waals surface area contributed by atoms with Gasteiger partial charge in [-0.25, -0.2) is 9.50 Å². The molecular formula is C27H34ClN7O. The van der Waals surface area contributed by atoms with Gasteiger partial charge >= 0.3 is 0 Å². The number of carbonyl (C=O) groups is 1. The van der Waals surface area contributed by atoms with Gasteiger partial charge in [-0.3, -0.25) is 14.4 Å². The number of hydrogen-bond acceptors (Lipinski definition) is 5. The van der Waals surface area contributed by atoms with E-state index in [0.717, 1.165) is 53.2 Å². The van der Waals surface area contributed by atoms with Crippen LogP contribution in [0, 0.1) is 12.3 Å². The van der Waals surface area contributed by atoms with Gasteiger partial charge in [-0.1, -0.05) is 32.9 Å². The summed E-state index contributed by atoms with van der Waals surface area (Å²) in [7, 11) is 1.90. The fourth-order valence-corrected chi connectivity index (χ4v) is 4.79. The smallest absolute Gasteiger partial charge is 0.237 e. The van der Waals surface area contributed by atoms with E-state index in [4.69, 9.17) is 4.98 Å². The van der Waals surface area contributed by atoms with Crippen LogP contribution >= 0.6 is 12.4 Å². The van der Waals surface area contributed by atoms with Crippen LogP contribution in [0.4, 0.5) is 0 Å². The highest BCUT2D eigenvalue weighted by atomic mass is 35.5. The Morgan fingerprint density at radius 3 is 2.50 bits per heavy atom. The van der Waals surface area contributed by atoms with Gasteiger partial charge in [0.1, 0.15) is 0 Å². The SMILES string of the molecule is Cc1cc(-c2nc(-c3cnn(C)c3)cn3nccc23)ccc1CN1CCN(CC(C)(C)C)CC1=O.Cl. The molecule has 1 aromatic carbocycles. The maximum Gasteiger partial charge on any atom is 0.237 e. The van der Waals surface area contributed by atoms with Crippen LogP contribution in [0.25, 0.3) is 28.0 Å². The summed E-state index contributed by atoms with van der Waals surface area (Å²) in [5, 5.41) is 8.74. The third kappa shape index (κ3) is 5.44. The van der Waals surface area contributed by atoms with Crippen molar-refractivity contribution < 1.29 is 4.79 Å². The van der Waals surface area contributed by atoms with Crippen molar-refractivity contribution in [2.45, 2.75) is 34.2 Å². The largest absolute Gasteiger partial charge is 0.336 e. The van der Waals surface area contributed by atoms with E-state index >= 15 is 0 Å². The Hall–Kier alpha value is -3.23. The molecule has 36 heavy (non-hydrogen) atoms. The predicted molar refractivity (Wildman–Crippen MR) is 144 cm³/mol. The molecule has 1 aliphatic heterocycles. The van der Waals surface area contributed by atoms with Crippen LogP contribution in [-0.4, -0.2) is 66.3 Å². The first-order valence-electron chi connectivity index (χ1n) is 12.1. The summed E-state index contributed by atoms with van der Waals surface area (Å²) >= 11 is 0. The maximum atomic E-state index is 12.8. The summed E-state index contributed by atoms with van der Waals surface area (Å²) in [6.45, 7) is 12.5. The van der Waals surface area contributed by atoms with Gasteiger partial charge in [0.15, 0.2) is 0 Å². The van der Waals surface area contributed by atoms with Crippen molar-refractivity contribution in [2.24, 2.45) is 12.5 Å². The zero-order chi connectivity index (χ0) is 24.7. The topological polar surface area (TPSA) is 71.6 Å². The first-order valence-corrected chi connectivity index (χ1v) is 12.1. The van der Waals surface area contributed by atoms with Crippen LogP contribution in [0.15, 0.2) is 49.1 Å². The number of halogens is 1. The van der Waals surface area contributed by atoms with Gasteiger partial charge in [0.25, 0.3) is 0 Å². The van der Waals surface area contributed by atoms with Crippen molar-refractivity contribution in [3.8, 4) is 22.5 Å². The highest BCUT2D eigenvalue weighted by Crippen LogP contribution is 2.29. The second kappa shape index (κ2) is 10.0. The fraction of sp³-hybridized carbons (Fsp3) is 0.407. The summed E-state index contributed by atoms with van der Waals surface area (Å²) < 4.78 is 3.64. The van der Waals surface area contributed by atoms with E-state index in [-0.39, 0.29) is 23.7 Å². The Morgan fingerprint density at radius 1 is 1.03 bits per heavy atom. The summed E-state index contributed by atoms with van der Waals surface area (Å²) in [5.41, 5.74) is 7.15. The number of amides is 1. The Labute approximate surface area is 218 Å². The molecule has 0 aliphatic carbocycles. The third-order valence-corrected chi connectivity index (χ3v) is 6.46. The molecule has 5 rings (SSSR count). The number of nitrogens with zero attached hydrogens (tertiary/aromatic N) is 7. The summed E-state index contributed by atoms with van der Waals surface area (Å²) in [5.74, 6) is 0.204. The van der Waals surface area contributed by atoms with Crippen molar-refractivity contribution in [1.82, 2.24) is 34.2 Å². The van der Waals surface area contributed by atoms with Crippen LogP contribution in [0.1, 0.15) is 31.9 Å². The van der Waals surface area contributed by atoms with Crippen molar-refractivity contribution in [2.75, 3.05) is 26.2 Å². The number of aryl methyl sites for hydroxylation is 2. The van der Waals surface area contributed by atoms with Gasteiger partial charge in [0.05, 0.1) is 42.0 Å². The first-order chi connectivity index (χ1) is 16.7. The lowest BCUT2D eigenvalue weighted by molar-refractivity contribution is -0.137. The van der Waals surface area contributed by atoms with E-state index in [0.29, 0.717) is 13.1 Å². The van der Waals surface area contributed by atoms with Crippen LogP contribution in [-0.2, 0) is 18.4 Å². The van der Waals surface area contributed by atoms with Crippen molar-refractivity contribution in [3.63, 3.8) is 0 Å². The lowest BCUT2D eigenvalue weighted by atomic mass is 9.95. The van der Waals surface area contributed by atoms with Crippen LogP contribution in [0.5, 0.6) is 0 Å². The molecule has 0 N–H and O–H groups in total. The van der Waals surface area contributed by atoms with Gasteiger partial charge < -0.3 is 4.90 Å². The quantitative estimate of drug-likeness (QED) is 0.404. The van der Waals surface area contributed by atoms with Crippen LogP contribution in [0.3, 0.4) is 0 Å². The van der Waals surface area contributed by atoms with E-state index < -0.39 is 0 Å². The Morgan fingerprint density at radius 2 is 1.83 bits per heavy atom. The van der Waals surface area contributed by atoms with Gasteiger partial charge in [0, 0.05) is 50.6 Å². The van der Waals surface area contributed by atoms with E-state index in [1.165, 1.54) is 5.56 Å². The summed E-state index contributed by atoms with van der Waals surface area (Å²) in [6, 6.07) is 8.38. The minimum atomic E-state index is 0. The number of carbonyl (C=O) groups excluding carboxylic acids is 1. The highest BCUT2D eigenvalue weighted by Gasteiger charge is 2.27. The molecule has 0 radical (unpaired) electrons. The molecule has 8 nitrogen and oxygen atoms in total. The Bertz CT molecular complexity index is 1380. The molecule has 9 heteroatoms. The minimum absolute atomic E-state index is 0. The lowest BCUT2D eigenvalue weighted by Gasteiger charge is -2.37. The second-order valence-corrected chi connectivity index (χ2v) is 10.8. The normalized spacial score (nSPS) is 14.9. The molecule has 4 heterocycles. The van der Waals surface area contributed by atoms with Gasteiger partial charge in [-0.2, -0.15) is 10.2 Å². The zero-order valence-corrected chi connectivity index (χ0v) is 22.4. The van der Waals surface area contributed by atoms with Gasteiger partial charge in [-0.15, -0.1) is 12.4 Å². The van der Waals surface area contributed by atoms with Crippen molar-refractivity contribution in [3.05, 3.63) is 60.2 Å². The minimum Gasteiger partial charge on any atom is -0.336 e. The number of hydrogen-bond donors (Lipinski definition) is 0. The molecule has 1 saturated heterocycles. The number of rotatable bonds is 5. The first kappa shape index (κ1) is 25.9. The molecule has 190 valence electrons. The number of benzene rings is 1. The van der Waals surface area contributed by atoms with Crippen molar-refractivity contribution >= 4 is 23.8 Å². The van der Waals surface area contributed by atoms with E-state index in [9.17, 15) is 4.79 Å². The number of fused-ring (bicyclic) bond motifs is 1. The molecule has 1 fully saturated rings. The molecular weight excluding hydrogens is 474 g/mol. The second-order valence-electron chi connectivity index (χ2n) is 10.8.